The predicted molar refractivity (Wildman–Crippen MR) is 104 cm³/mol. The van der Waals surface area contributed by atoms with Crippen LogP contribution in [0.3, 0.4) is 0 Å². The third kappa shape index (κ3) is 8.96. The summed E-state index contributed by atoms with van der Waals surface area (Å²) in [6, 6.07) is 5.91. The number of sulfonamides is 1. The van der Waals surface area contributed by atoms with Crippen molar-refractivity contribution >= 4 is 40.0 Å². The number of aliphatic imine (C=N–C) groups is 1. The van der Waals surface area contributed by atoms with E-state index in [1.807, 2.05) is 32.0 Å². The molecule has 1 aromatic rings. The van der Waals surface area contributed by atoms with Crippen LogP contribution in [-0.4, -0.2) is 40.3 Å². The molecule has 0 aliphatic carbocycles. The van der Waals surface area contributed by atoms with Gasteiger partial charge in [-0.25, -0.2) is 18.5 Å². The molecule has 132 valence electrons. The van der Waals surface area contributed by atoms with E-state index in [1.54, 1.807) is 7.11 Å². The summed E-state index contributed by atoms with van der Waals surface area (Å²) < 4.78 is 27.2. The first kappa shape index (κ1) is 21.9. The van der Waals surface area contributed by atoms with Gasteiger partial charge in [-0.15, -0.1) is 24.0 Å². The number of rotatable bonds is 7. The molecular weight excluding hydrogens is 431 g/mol. The normalized spacial score (nSPS) is 11.6. The highest BCUT2D eigenvalue weighted by Gasteiger charge is 2.05. The van der Waals surface area contributed by atoms with Crippen molar-refractivity contribution in [3.63, 3.8) is 0 Å². The number of guanidine groups is 1. The molecule has 0 heterocycles. The summed E-state index contributed by atoms with van der Waals surface area (Å²) in [6.45, 7) is 5.23. The fourth-order valence-electron chi connectivity index (χ4n) is 1.80. The van der Waals surface area contributed by atoms with Crippen molar-refractivity contribution in [1.29, 1.82) is 0 Å². The van der Waals surface area contributed by atoms with Gasteiger partial charge in [-0.3, -0.25) is 0 Å². The smallest absolute Gasteiger partial charge is 0.210 e. The van der Waals surface area contributed by atoms with Crippen LogP contribution in [0.4, 0.5) is 0 Å². The molecule has 0 aromatic heterocycles. The highest BCUT2D eigenvalue weighted by molar-refractivity contribution is 14.0. The minimum Gasteiger partial charge on any atom is -0.496 e. The maximum Gasteiger partial charge on any atom is 0.210 e. The lowest BCUT2D eigenvalue weighted by Crippen LogP contribution is -2.40. The number of ether oxygens (including phenoxy) is 1. The number of benzene rings is 1. The Hall–Kier alpha value is -1.07. The summed E-state index contributed by atoms with van der Waals surface area (Å²) in [5.41, 5.74) is 2.07. The Bertz CT molecular complexity index is 620. The van der Waals surface area contributed by atoms with E-state index in [1.165, 1.54) is 0 Å². The molecule has 0 bridgehead atoms. The van der Waals surface area contributed by atoms with Gasteiger partial charge in [0.2, 0.25) is 10.0 Å². The zero-order valence-electron chi connectivity index (χ0n) is 13.6. The summed E-state index contributed by atoms with van der Waals surface area (Å²) in [6.07, 6.45) is 0. The maximum absolute atomic E-state index is 10.9. The van der Waals surface area contributed by atoms with Gasteiger partial charge < -0.3 is 15.4 Å². The summed E-state index contributed by atoms with van der Waals surface area (Å²) in [7, 11) is -1.86. The van der Waals surface area contributed by atoms with Crippen LogP contribution < -0.4 is 20.5 Å². The molecule has 1 rings (SSSR count). The lowest BCUT2D eigenvalue weighted by Gasteiger charge is -2.12. The van der Waals surface area contributed by atoms with Crippen LogP contribution in [0.25, 0.3) is 0 Å². The Morgan fingerprint density at radius 2 is 2.04 bits per heavy atom. The monoisotopic (exact) mass is 456 g/mol. The summed E-state index contributed by atoms with van der Waals surface area (Å²) in [4.78, 5) is 4.42. The summed E-state index contributed by atoms with van der Waals surface area (Å²) in [5, 5.41) is 11.0. The number of nitrogens with one attached hydrogen (secondary N) is 2. The zero-order chi connectivity index (χ0) is 16.6. The van der Waals surface area contributed by atoms with Crippen molar-refractivity contribution in [2.45, 2.75) is 20.4 Å². The average Bonchev–Trinajstić information content (AvgIpc) is 2.44. The highest BCUT2D eigenvalue weighted by Crippen LogP contribution is 2.20. The van der Waals surface area contributed by atoms with E-state index in [9.17, 15) is 8.42 Å². The van der Waals surface area contributed by atoms with Gasteiger partial charge in [0.1, 0.15) is 5.75 Å². The quantitative estimate of drug-likeness (QED) is 0.322. The van der Waals surface area contributed by atoms with E-state index in [4.69, 9.17) is 9.88 Å². The van der Waals surface area contributed by atoms with E-state index < -0.39 is 10.0 Å². The number of nitrogens with zero attached hydrogens (tertiary/aromatic N) is 1. The van der Waals surface area contributed by atoms with Crippen molar-refractivity contribution in [3.8, 4) is 5.75 Å². The van der Waals surface area contributed by atoms with Crippen molar-refractivity contribution in [2.24, 2.45) is 10.1 Å². The van der Waals surface area contributed by atoms with Crippen LogP contribution >= 0.6 is 24.0 Å². The van der Waals surface area contributed by atoms with Gasteiger partial charge in [-0.1, -0.05) is 12.1 Å². The fourth-order valence-corrected chi connectivity index (χ4v) is 2.19. The number of hydrogen-bond acceptors (Lipinski definition) is 4. The van der Waals surface area contributed by atoms with E-state index in [2.05, 4.69) is 15.6 Å². The minimum absolute atomic E-state index is 0. The van der Waals surface area contributed by atoms with E-state index in [0.717, 1.165) is 16.9 Å². The van der Waals surface area contributed by atoms with Crippen LogP contribution in [0.15, 0.2) is 23.2 Å². The van der Waals surface area contributed by atoms with Crippen LogP contribution in [-0.2, 0) is 16.6 Å². The number of methoxy groups -OCH3 is 1. The lowest BCUT2D eigenvalue weighted by molar-refractivity contribution is 0.409. The predicted octanol–water partition coefficient (Wildman–Crippen LogP) is 0.965. The number of hydrogen-bond donors (Lipinski definition) is 3. The Balaban J connectivity index is 0.00000484. The molecule has 0 radical (unpaired) electrons. The molecule has 0 amide bonds. The van der Waals surface area contributed by atoms with Gasteiger partial charge >= 0.3 is 0 Å². The second kappa shape index (κ2) is 10.7. The molecule has 0 fully saturated rings. The van der Waals surface area contributed by atoms with Gasteiger partial charge in [-0.2, -0.15) is 0 Å². The van der Waals surface area contributed by atoms with Crippen molar-refractivity contribution in [1.82, 2.24) is 10.6 Å². The molecule has 0 aliphatic rings. The fraction of sp³-hybridized carbons (Fsp3) is 0.500. The number of aryl methyl sites for hydroxylation is 1. The molecule has 1 aromatic carbocycles. The molecule has 0 saturated carbocycles. The van der Waals surface area contributed by atoms with Crippen molar-refractivity contribution in [3.05, 3.63) is 29.3 Å². The van der Waals surface area contributed by atoms with Crippen LogP contribution in [0.2, 0.25) is 0 Å². The second-order valence-electron chi connectivity index (χ2n) is 4.80. The molecule has 0 unspecified atom stereocenters. The molecule has 0 saturated heterocycles. The number of halogens is 1. The van der Waals surface area contributed by atoms with Crippen LogP contribution in [0.1, 0.15) is 18.1 Å². The lowest BCUT2D eigenvalue weighted by atomic mass is 10.1. The van der Waals surface area contributed by atoms with E-state index in [0.29, 0.717) is 19.0 Å². The molecule has 9 heteroatoms. The first-order valence-electron chi connectivity index (χ1n) is 7.02. The van der Waals surface area contributed by atoms with E-state index in [-0.39, 0.29) is 36.3 Å². The van der Waals surface area contributed by atoms with Gasteiger partial charge in [0, 0.05) is 18.7 Å². The Labute approximate surface area is 155 Å². The van der Waals surface area contributed by atoms with Gasteiger partial charge in [0.25, 0.3) is 0 Å². The topological polar surface area (TPSA) is 106 Å². The third-order valence-corrected chi connectivity index (χ3v) is 3.65. The van der Waals surface area contributed by atoms with Gasteiger partial charge in [0.15, 0.2) is 5.96 Å². The molecule has 0 aliphatic heterocycles. The largest absolute Gasteiger partial charge is 0.496 e. The molecule has 4 N–H and O–H groups in total. The number of primary sulfonamides is 1. The molecule has 0 spiro atoms. The third-order valence-electron chi connectivity index (χ3n) is 2.87. The van der Waals surface area contributed by atoms with Gasteiger partial charge in [-0.05, 0) is 25.5 Å². The molecular formula is C14H25IN4O3S. The first-order valence-corrected chi connectivity index (χ1v) is 8.73. The molecule has 23 heavy (non-hydrogen) atoms. The summed E-state index contributed by atoms with van der Waals surface area (Å²) >= 11 is 0. The Morgan fingerprint density at radius 3 is 2.61 bits per heavy atom. The SMILES string of the molecule is CCNC(=NCc1ccc(C)cc1OC)NCCS(N)(=O)=O.I. The first-order chi connectivity index (χ1) is 10.4. The average molecular weight is 456 g/mol. The standard InChI is InChI=1S/C14H24N4O3S.HI/c1-4-16-14(17-7-8-22(15,19)20)18-10-12-6-5-11(2)9-13(12)21-3;/h5-6,9H,4,7-8,10H2,1-3H3,(H2,15,19,20)(H2,16,17,18);1H. The van der Waals surface area contributed by atoms with Crippen molar-refractivity contribution < 1.29 is 13.2 Å². The summed E-state index contributed by atoms with van der Waals surface area (Å²) in [5.74, 6) is 1.17. The van der Waals surface area contributed by atoms with E-state index >= 15 is 0 Å². The zero-order valence-corrected chi connectivity index (χ0v) is 16.8. The second-order valence-corrected chi connectivity index (χ2v) is 6.54. The minimum atomic E-state index is -3.48. The molecule has 0 atom stereocenters. The molecule has 7 nitrogen and oxygen atoms in total. The van der Waals surface area contributed by atoms with Gasteiger partial charge in [0.05, 0.1) is 19.4 Å². The maximum atomic E-state index is 10.9. The Kier molecular flexibility index (Phi) is 10.2. The Morgan fingerprint density at radius 1 is 1.35 bits per heavy atom. The van der Waals surface area contributed by atoms with Crippen LogP contribution in [0, 0.1) is 6.92 Å². The highest BCUT2D eigenvalue weighted by atomic mass is 127. The van der Waals surface area contributed by atoms with Crippen LogP contribution in [0.5, 0.6) is 5.75 Å². The number of nitrogens with two attached hydrogens (primary N) is 1. The van der Waals surface area contributed by atoms with Crippen molar-refractivity contribution in [2.75, 3.05) is 26.0 Å².